The molecule has 1 atom stereocenters. The molecule has 0 bridgehead atoms. The molecule has 13 heteroatoms. The van der Waals surface area contributed by atoms with E-state index < -0.39 is 12.1 Å². The third-order valence-corrected chi connectivity index (χ3v) is 7.09. The van der Waals surface area contributed by atoms with Crippen LogP contribution in [0.15, 0.2) is 54.9 Å². The number of rotatable bonds is 4. The Morgan fingerprint density at radius 3 is 2.71 bits per heavy atom. The van der Waals surface area contributed by atoms with Gasteiger partial charge < -0.3 is 20.7 Å². The van der Waals surface area contributed by atoms with Crippen LogP contribution in [0.3, 0.4) is 0 Å². The summed E-state index contributed by atoms with van der Waals surface area (Å²) in [6.07, 6.45) is -0.698. The number of alkyl halides is 3. The first kappa shape index (κ1) is 28.0. The van der Waals surface area contributed by atoms with Gasteiger partial charge >= 0.3 is 12.1 Å². The quantitative estimate of drug-likeness (QED) is 0.157. The highest BCUT2D eigenvalue weighted by Crippen LogP contribution is 2.31. The summed E-state index contributed by atoms with van der Waals surface area (Å²) in [6.45, 7) is 1.04. The van der Waals surface area contributed by atoms with E-state index in [0.29, 0.717) is 6.42 Å². The van der Waals surface area contributed by atoms with Gasteiger partial charge in [0.15, 0.2) is 5.82 Å². The first-order chi connectivity index (χ1) is 19.6. The monoisotopic (exact) mass is 582 g/mol. The third kappa shape index (κ3) is 7.16. The summed E-state index contributed by atoms with van der Waals surface area (Å²) >= 11 is 1.60. The fourth-order valence-electron chi connectivity index (χ4n) is 4.17. The van der Waals surface area contributed by atoms with E-state index in [1.807, 2.05) is 30.3 Å². The predicted octanol–water partition coefficient (Wildman–Crippen LogP) is 5.78. The van der Waals surface area contributed by atoms with Crippen molar-refractivity contribution in [2.75, 3.05) is 11.9 Å². The molecule has 5 aromatic rings. The molecular formula is C28H22F4N6O2S. The second-order valence-electron chi connectivity index (χ2n) is 9.12. The standard InChI is InChI=1S/C26H21FN6S.C2HF3O2/c27-17-4-1-3-16(11-17)12-24-32-21-9-7-19(13-22(21)33-24)31-26-25-23(29-15-30-26)14-20(34-25)8-6-18-5-2-10-28-18;3-2(4,5)1(6)7/h1,3-4,7,9,11,13-15,18,28H,2,5,10,12H2,(H,32,33)(H,29,30,31);(H,6,7)/t18-;/m1./s1. The number of carbonyl (C=O) groups is 1. The van der Waals surface area contributed by atoms with E-state index in [4.69, 9.17) is 14.9 Å². The molecule has 0 aliphatic carbocycles. The molecule has 0 radical (unpaired) electrons. The Bertz CT molecular complexity index is 1770. The molecule has 1 aliphatic rings. The minimum absolute atomic E-state index is 0.241. The van der Waals surface area contributed by atoms with Gasteiger partial charge in [-0.2, -0.15) is 13.2 Å². The Morgan fingerprint density at radius 1 is 1.15 bits per heavy atom. The first-order valence-corrected chi connectivity index (χ1v) is 13.3. The summed E-state index contributed by atoms with van der Waals surface area (Å²) in [4.78, 5) is 26.8. The number of H-pyrrole nitrogens is 1. The molecule has 3 aromatic heterocycles. The van der Waals surface area contributed by atoms with Gasteiger partial charge in [0.2, 0.25) is 0 Å². The van der Waals surface area contributed by atoms with Crippen LogP contribution in [0, 0.1) is 17.7 Å². The lowest BCUT2D eigenvalue weighted by Gasteiger charge is -2.05. The normalized spacial score (nSPS) is 14.8. The molecule has 4 heterocycles. The highest BCUT2D eigenvalue weighted by Gasteiger charge is 2.38. The van der Waals surface area contributed by atoms with Crippen molar-refractivity contribution in [1.29, 1.82) is 0 Å². The van der Waals surface area contributed by atoms with Gasteiger partial charge in [-0.3, -0.25) is 0 Å². The zero-order chi connectivity index (χ0) is 29.0. The average Bonchev–Trinajstić information content (AvgIpc) is 3.67. The van der Waals surface area contributed by atoms with Crippen LogP contribution >= 0.6 is 11.3 Å². The molecular weight excluding hydrogens is 560 g/mol. The van der Waals surface area contributed by atoms with Crippen molar-refractivity contribution in [2.45, 2.75) is 31.5 Å². The van der Waals surface area contributed by atoms with Crippen molar-refractivity contribution >= 4 is 50.1 Å². The van der Waals surface area contributed by atoms with E-state index in [0.717, 1.165) is 62.0 Å². The minimum atomic E-state index is -5.08. The van der Waals surface area contributed by atoms with Gasteiger partial charge in [0.1, 0.15) is 18.0 Å². The van der Waals surface area contributed by atoms with E-state index in [1.54, 1.807) is 23.7 Å². The van der Waals surface area contributed by atoms with Crippen LogP contribution in [0.5, 0.6) is 0 Å². The fraction of sp³-hybridized carbons (Fsp3) is 0.214. The van der Waals surface area contributed by atoms with Gasteiger partial charge in [0.05, 0.1) is 32.2 Å². The molecule has 210 valence electrons. The van der Waals surface area contributed by atoms with E-state index >= 15 is 0 Å². The van der Waals surface area contributed by atoms with Crippen LogP contribution in [-0.2, 0) is 11.2 Å². The summed E-state index contributed by atoms with van der Waals surface area (Å²) in [5.74, 6) is 5.15. The van der Waals surface area contributed by atoms with Crippen molar-refractivity contribution < 1.29 is 27.5 Å². The maximum atomic E-state index is 13.5. The second-order valence-corrected chi connectivity index (χ2v) is 10.2. The highest BCUT2D eigenvalue weighted by atomic mass is 32.1. The zero-order valence-corrected chi connectivity index (χ0v) is 22.0. The van der Waals surface area contributed by atoms with Crippen LogP contribution in [0.4, 0.5) is 29.1 Å². The number of imidazole rings is 1. The molecule has 41 heavy (non-hydrogen) atoms. The number of carboxylic acid groups (broad SMARTS) is 1. The number of anilines is 2. The number of halogens is 4. The molecule has 1 aliphatic heterocycles. The van der Waals surface area contributed by atoms with Gasteiger partial charge in [-0.25, -0.2) is 24.1 Å². The summed E-state index contributed by atoms with van der Waals surface area (Å²) in [6, 6.07) is 14.8. The number of nitrogens with one attached hydrogen (secondary N) is 3. The summed E-state index contributed by atoms with van der Waals surface area (Å²) in [5, 5.41) is 13.9. The Kier molecular flexibility index (Phi) is 8.14. The van der Waals surface area contributed by atoms with Crippen LogP contribution < -0.4 is 10.6 Å². The van der Waals surface area contributed by atoms with Gasteiger partial charge in [-0.05, 0) is 61.3 Å². The predicted molar refractivity (Wildman–Crippen MR) is 148 cm³/mol. The Morgan fingerprint density at radius 2 is 1.98 bits per heavy atom. The van der Waals surface area contributed by atoms with E-state index in [-0.39, 0.29) is 11.9 Å². The maximum absolute atomic E-state index is 13.5. The van der Waals surface area contributed by atoms with Crippen molar-refractivity contribution in [3.8, 4) is 11.8 Å². The number of thiophene rings is 1. The average molecular weight is 583 g/mol. The zero-order valence-electron chi connectivity index (χ0n) is 21.2. The molecule has 0 saturated carbocycles. The van der Waals surface area contributed by atoms with Crippen molar-refractivity contribution in [1.82, 2.24) is 25.3 Å². The largest absolute Gasteiger partial charge is 0.490 e. The number of nitrogens with zero attached hydrogens (tertiary/aromatic N) is 3. The van der Waals surface area contributed by atoms with E-state index in [1.165, 1.54) is 18.6 Å². The SMILES string of the molecule is Fc1cccc(Cc2nc3cc(Nc4ncnc5cc(C#C[C@H]6CCCN6)sc45)ccc3[nH]2)c1.O=C(O)C(F)(F)F. The number of benzene rings is 2. The maximum Gasteiger partial charge on any atom is 0.490 e. The number of aromatic nitrogens is 4. The minimum Gasteiger partial charge on any atom is -0.475 e. The summed E-state index contributed by atoms with van der Waals surface area (Å²) in [5.41, 5.74) is 4.40. The second kappa shape index (κ2) is 11.9. The van der Waals surface area contributed by atoms with Crippen LogP contribution in [0.25, 0.3) is 21.3 Å². The van der Waals surface area contributed by atoms with Crippen LogP contribution in [0.1, 0.15) is 29.1 Å². The molecule has 1 saturated heterocycles. The molecule has 2 aromatic carbocycles. The van der Waals surface area contributed by atoms with Gasteiger partial charge in [0.25, 0.3) is 0 Å². The number of carboxylic acids is 1. The Labute approximate surface area is 234 Å². The highest BCUT2D eigenvalue weighted by molar-refractivity contribution is 7.20. The fourth-order valence-corrected chi connectivity index (χ4v) is 5.09. The summed E-state index contributed by atoms with van der Waals surface area (Å²) in [7, 11) is 0. The lowest BCUT2D eigenvalue weighted by molar-refractivity contribution is -0.192. The molecule has 4 N–H and O–H groups in total. The lowest BCUT2D eigenvalue weighted by Crippen LogP contribution is -2.21. The molecule has 1 fully saturated rings. The first-order valence-electron chi connectivity index (χ1n) is 12.4. The number of hydrogen-bond acceptors (Lipinski definition) is 7. The van der Waals surface area contributed by atoms with Gasteiger partial charge in [-0.15, -0.1) is 11.3 Å². The van der Waals surface area contributed by atoms with Crippen LogP contribution in [0.2, 0.25) is 0 Å². The smallest absolute Gasteiger partial charge is 0.475 e. The van der Waals surface area contributed by atoms with Gasteiger partial charge in [-0.1, -0.05) is 24.0 Å². The number of hydrogen-bond donors (Lipinski definition) is 4. The summed E-state index contributed by atoms with van der Waals surface area (Å²) < 4.78 is 46.2. The van der Waals surface area contributed by atoms with Crippen molar-refractivity contribution in [2.24, 2.45) is 0 Å². The molecule has 0 amide bonds. The number of aliphatic carboxylic acids is 1. The Hall–Kier alpha value is -4.54. The van der Waals surface area contributed by atoms with Gasteiger partial charge in [0, 0.05) is 12.1 Å². The van der Waals surface area contributed by atoms with Crippen molar-refractivity contribution in [3.63, 3.8) is 0 Å². The van der Waals surface area contributed by atoms with E-state index in [2.05, 4.69) is 37.4 Å². The molecule has 0 spiro atoms. The molecule has 6 rings (SSSR count). The molecule has 0 unspecified atom stereocenters. The van der Waals surface area contributed by atoms with Crippen LogP contribution in [-0.4, -0.2) is 49.8 Å². The lowest BCUT2D eigenvalue weighted by atomic mass is 10.1. The Balaban J connectivity index is 0.000000431. The van der Waals surface area contributed by atoms with E-state index in [9.17, 15) is 17.6 Å². The number of fused-ring (bicyclic) bond motifs is 2. The number of aromatic amines is 1. The third-order valence-electron chi connectivity index (χ3n) is 6.04. The molecule has 8 nitrogen and oxygen atoms in total. The topological polar surface area (TPSA) is 116 Å². The van der Waals surface area contributed by atoms with Crippen molar-refractivity contribution in [3.05, 3.63) is 76.9 Å².